The number of primary amides is 1. The van der Waals surface area contributed by atoms with Crippen molar-refractivity contribution in [1.82, 2.24) is 9.88 Å². The molecule has 0 radical (unpaired) electrons. The van der Waals surface area contributed by atoms with Gasteiger partial charge in [-0.3, -0.25) is 9.59 Å². The van der Waals surface area contributed by atoms with Crippen molar-refractivity contribution in [3.8, 4) is 0 Å². The van der Waals surface area contributed by atoms with Crippen LogP contribution in [0.1, 0.15) is 16.9 Å². The molecule has 0 aromatic carbocycles. The fourth-order valence-corrected chi connectivity index (χ4v) is 1.64. The Morgan fingerprint density at radius 2 is 2.20 bits per heavy atom. The van der Waals surface area contributed by atoms with Crippen molar-refractivity contribution in [1.29, 1.82) is 0 Å². The summed E-state index contributed by atoms with van der Waals surface area (Å²) in [5.74, 6) is -2.70. The quantitative estimate of drug-likeness (QED) is 0.576. The molecule has 0 unspecified atom stereocenters. The first-order valence-corrected chi connectivity index (χ1v) is 5.91. The average Bonchev–Trinajstić information content (AvgIpc) is 2.83. The van der Waals surface area contributed by atoms with Gasteiger partial charge in [0.15, 0.2) is 0 Å². The van der Waals surface area contributed by atoms with Crippen LogP contribution in [0.2, 0.25) is 0 Å². The highest BCUT2D eigenvalue weighted by atomic mass is 16.5. The first-order chi connectivity index (χ1) is 9.45. The van der Waals surface area contributed by atoms with Crippen LogP contribution in [0.15, 0.2) is 18.3 Å². The molecule has 0 spiro atoms. The van der Waals surface area contributed by atoms with Gasteiger partial charge in [-0.1, -0.05) is 0 Å². The van der Waals surface area contributed by atoms with Crippen LogP contribution in [-0.4, -0.2) is 47.2 Å². The van der Waals surface area contributed by atoms with E-state index >= 15 is 0 Å². The van der Waals surface area contributed by atoms with Gasteiger partial charge in [0, 0.05) is 19.9 Å². The number of methoxy groups -OCH3 is 1. The maximum Gasteiger partial charge on any atom is 0.326 e. The van der Waals surface area contributed by atoms with Gasteiger partial charge in [-0.25, -0.2) is 4.79 Å². The summed E-state index contributed by atoms with van der Waals surface area (Å²) in [7, 11) is 1.54. The summed E-state index contributed by atoms with van der Waals surface area (Å²) < 4.78 is 6.54. The molecule has 1 atom stereocenters. The number of amides is 2. The summed E-state index contributed by atoms with van der Waals surface area (Å²) in [6.45, 7) is 0.873. The predicted molar refractivity (Wildman–Crippen MR) is 69.0 cm³/mol. The number of nitrogens with zero attached hydrogens (tertiary/aromatic N) is 1. The monoisotopic (exact) mass is 283 g/mol. The summed E-state index contributed by atoms with van der Waals surface area (Å²) in [4.78, 5) is 33.7. The highest BCUT2D eigenvalue weighted by molar-refractivity contribution is 5.96. The lowest BCUT2D eigenvalue weighted by molar-refractivity contribution is -0.140. The molecule has 0 aliphatic rings. The fourth-order valence-electron chi connectivity index (χ4n) is 1.64. The smallest absolute Gasteiger partial charge is 0.326 e. The molecule has 0 aliphatic heterocycles. The van der Waals surface area contributed by atoms with Crippen molar-refractivity contribution in [2.45, 2.75) is 19.0 Å². The molecule has 0 bridgehead atoms. The normalized spacial score (nSPS) is 11.8. The van der Waals surface area contributed by atoms with Crippen LogP contribution >= 0.6 is 0 Å². The number of ether oxygens (including phenoxy) is 1. The summed E-state index contributed by atoms with van der Waals surface area (Å²) >= 11 is 0. The number of carbonyl (C=O) groups excluding carboxylic acids is 2. The van der Waals surface area contributed by atoms with Crippen LogP contribution in [0.5, 0.6) is 0 Å². The molecule has 1 rings (SSSR count). The third kappa shape index (κ3) is 4.39. The first-order valence-electron chi connectivity index (χ1n) is 5.91. The SMILES string of the molecule is COCCn1cccc1C(=O)N[C@@H](CC(N)=O)C(=O)O. The number of hydrogen-bond acceptors (Lipinski definition) is 4. The fraction of sp³-hybridized carbons (Fsp3) is 0.417. The molecule has 0 saturated heterocycles. The zero-order valence-corrected chi connectivity index (χ0v) is 11.0. The lowest BCUT2D eigenvalue weighted by atomic mass is 10.2. The third-order valence-corrected chi connectivity index (χ3v) is 2.61. The highest BCUT2D eigenvalue weighted by Gasteiger charge is 2.23. The molecule has 4 N–H and O–H groups in total. The summed E-state index contributed by atoms with van der Waals surface area (Å²) in [6, 6.07) is 1.87. The average molecular weight is 283 g/mol. The Hall–Kier alpha value is -2.35. The second kappa shape index (κ2) is 7.29. The van der Waals surface area contributed by atoms with E-state index < -0.39 is 30.2 Å². The highest BCUT2D eigenvalue weighted by Crippen LogP contribution is 2.04. The number of carboxylic acids is 1. The Bertz CT molecular complexity index is 497. The first kappa shape index (κ1) is 15.7. The number of rotatable bonds is 8. The molecule has 0 aliphatic carbocycles. The molecular weight excluding hydrogens is 266 g/mol. The zero-order valence-electron chi connectivity index (χ0n) is 11.0. The number of nitrogens with two attached hydrogens (primary N) is 1. The van der Waals surface area contributed by atoms with Crippen LogP contribution in [-0.2, 0) is 20.9 Å². The Morgan fingerprint density at radius 1 is 1.50 bits per heavy atom. The largest absolute Gasteiger partial charge is 0.480 e. The minimum atomic E-state index is -1.34. The van der Waals surface area contributed by atoms with Gasteiger partial charge in [-0.15, -0.1) is 0 Å². The van der Waals surface area contributed by atoms with Crippen LogP contribution in [0.4, 0.5) is 0 Å². The second-order valence-electron chi connectivity index (χ2n) is 4.11. The standard InChI is InChI=1S/C12H17N3O5/c1-20-6-5-15-4-2-3-9(15)11(17)14-8(12(18)19)7-10(13)16/h2-4,8H,5-7H2,1H3,(H2,13,16)(H,14,17)(H,18,19)/t8-/m0/s1. The predicted octanol–water partition coefficient (Wildman–Crippen LogP) is -0.807. The van der Waals surface area contributed by atoms with Gasteiger partial charge in [0.1, 0.15) is 11.7 Å². The van der Waals surface area contributed by atoms with Gasteiger partial charge in [0.25, 0.3) is 5.91 Å². The Morgan fingerprint density at radius 3 is 2.75 bits per heavy atom. The van der Waals surface area contributed by atoms with Crippen LogP contribution in [0.25, 0.3) is 0 Å². The van der Waals surface area contributed by atoms with Crippen molar-refractivity contribution in [2.75, 3.05) is 13.7 Å². The van der Waals surface area contributed by atoms with E-state index in [0.29, 0.717) is 13.2 Å². The van der Waals surface area contributed by atoms with E-state index in [2.05, 4.69) is 5.32 Å². The molecule has 8 heteroatoms. The number of aromatic nitrogens is 1. The van der Waals surface area contributed by atoms with E-state index in [0.717, 1.165) is 0 Å². The lowest BCUT2D eigenvalue weighted by Crippen LogP contribution is -2.43. The maximum atomic E-state index is 12.0. The van der Waals surface area contributed by atoms with Gasteiger partial charge in [-0.2, -0.15) is 0 Å². The number of nitrogens with one attached hydrogen (secondary N) is 1. The molecule has 1 aromatic rings. The van der Waals surface area contributed by atoms with E-state index in [1.807, 2.05) is 0 Å². The molecule has 2 amide bonds. The maximum absolute atomic E-state index is 12.0. The molecule has 0 saturated carbocycles. The third-order valence-electron chi connectivity index (χ3n) is 2.61. The van der Waals surface area contributed by atoms with Crippen molar-refractivity contribution in [3.63, 3.8) is 0 Å². The van der Waals surface area contributed by atoms with Gasteiger partial charge < -0.3 is 25.5 Å². The molecule has 1 heterocycles. The molecule has 110 valence electrons. The minimum Gasteiger partial charge on any atom is -0.480 e. The topological polar surface area (TPSA) is 124 Å². The number of carbonyl (C=O) groups is 3. The van der Waals surface area contributed by atoms with Crippen LogP contribution < -0.4 is 11.1 Å². The summed E-state index contributed by atoms with van der Waals surface area (Å²) in [5, 5.41) is 11.2. The molecule has 1 aromatic heterocycles. The summed E-state index contributed by atoms with van der Waals surface area (Å²) in [6.07, 6.45) is 1.22. The van der Waals surface area contributed by atoms with E-state index in [9.17, 15) is 14.4 Å². The van der Waals surface area contributed by atoms with Crippen molar-refractivity contribution >= 4 is 17.8 Å². The van der Waals surface area contributed by atoms with E-state index in [1.54, 1.807) is 22.9 Å². The Kier molecular flexibility index (Phi) is 5.73. The van der Waals surface area contributed by atoms with Crippen molar-refractivity contribution < 1.29 is 24.2 Å². The minimum absolute atomic E-state index is 0.290. The van der Waals surface area contributed by atoms with Gasteiger partial charge in [-0.05, 0) is 12.1 Å². The molecular formula is C12H17N3O5. The molecule has 8 nitrogen and oxygen atoms in total. The number of aliphatic carboxylic acids is 1. The van der Waals surface area contributed by atoms with E-state index in [-0.39, 0.29) is 5.69 Å². The van der Waals surface area contributed by atoms with Gasteiger partial charge >= 0.3 is 5.97 Å². The van der Waals surface area contributed by atoms with E-state index in [4.69, 9.17) is 15.6 Å². The van der Waals surface area contributed by atoms with Crippen molar-refractivity contribution in [2.24, 2.45) is 5.73 Å². The van der Waals surface area contributed by atoms with Crippen LogP contribution in [0.3, 0.4) is 0 Å². The number of hydrogen-bond donors (Lipinski definition) is 3. The van der Waals surface area contributed by atoms with Gasteiger partial charge in [0.05, 0.1) is 13.0 Å². The lowest BCUT2D eigenvalue weighted by Gasteiger charge is -2.14. The van der Waals surface area contributed by atoms with Gasteiger partial charge in [0.2, 0.25) is 5.91 Å². The molecule has 0 fully saturated rings. The number of carboxylic acid groups (broad SMARTS) is 1. The van der Waals surface area contributed by atoms with E-state index in [1.165, 1.54) is 7.11 Å². The summed E-state index contributed by atoms with van der Waals surface area (Å²) in [5.41, 5.74) is 5.24. The van der Waals surface area contributed by atoms with Crippen LogP contribution in [0, 0.1) is 0 Å². The Balaban J connectivity index is 2.76. The van der Waals surface area contributed by atoms with Crippen molar-refractivity contribution in [3.05, 3.63) is 24.0 Å². The molecule has 20 heavy (non-hydrogen) atoms. The second-order valence-corrected chi connectivity index (χ2v) is 4.11. The zero-order chi connectivity index (χ0) is 15.1. The Labute approximate surface area is 115 Å².